The summed E-state index contributed by atoms with van der Waals surface area (Å²) in [6, 6.07) is 16.8. The minimum absolute atomic E-state index is 0.0300. The Morgan fingerprint density at radius 1 is 1.17 bits per heavy atom. The van der Waals surface area contributed by atoms with Crippen LogP contribution in [-0.2, 0) is 6.54 Å². The number of aromatic nitrogens is 1. The quantitative estimate of drug-likeness (QED) is 0.445. The smallest absolute Gasteiger partial charge is 0.275 e. The molecule has 8 heteroatoms. The Bertz CT molecular complexity index is 1220. The highest BCUT2D eigenvalue weighted by Gasteiger charge is 2.18. The molecule has 1 aromatic heterocycles. The van der Waals surface area contributed by atoms with Crippen molar-refractivity contribution in [2.75, 3.05) is 0 Å². The highest BCUT2D eigenvalue weighted by Crippen LogP contribution is 2.21. The van der Waals surface area contributed by atoms with Crippen LogP contribution in [0.4, 0.5) is 0 Å². The second-order valence-corrected chi connectivity index (χ2v) is 6.44. The van der Waals surface area contributed by atoms with Crippen LogP contribution in [0, 0.1) is 18.3 Å². The van der Waals surface area contributed by atoms with E-state index in [1.54, 1.807) is 36.4 Å². The van der Waals surface area contributed by atoms with Crippen LogP contribution in [-0.4, -0.2) is 26.9 Å². The molecule has 0 unspecified atom stereocenters. The van der Waals surface area contributed by atoms with E-state index in [4.69, 9.17) is 0 Å². The normalized spacial score (nSPS) is 10.7. The number of hydrazone groups is 1. The first-order chi connectivity index (χ1) is 14.4. The summed E-state index contributed by atoms with van der Waals surface area (Å²) in [5, 5.41) is 33.6. The van der Waals surface area contributed by atoms with Gasteiger partial charge >= 0.3 is 0 Å². The van der Waals surface area contributed by atoms with Crippen LogP contribution < -0.4 is 11.0 Å². The summed E-state index contributed by atoms with van der Waals surface area (Å²) >= 11 is 0. The van der Waals surface area contributed by atoms with Crippen LogP contribution in [0.2, 0.25) is 0 Å². The zero-order valence-corrected chi connectivity index (χ0v) is 16.0. The van der Waals surface area contributed by atoms with E-state index in [1.165, 1.54) is 19.1 Å². The number of carbonyl (C=O) groups excluding carboxylic acids is 1. The highest BCUT2D eigenvalue weighted by molar-refractivity contribution is 5.97. The average Bonchev–Trinajstić information content (AvgIpc) is 2.75. The lowest BCUT2D eigenvalue weighted by Crippen LogP contribution is -2.26. The predicted octanol–water partition coefficient (Wildman–Crippen LogP) is 2.25. The Morgan fingerprint density at radius 3 is 2.50 bits per heavy atom. The number of carbonyl (C=O) groups is 1. The van der Waals surface area contributed by atoms with Gasteiger partial charge < -0.3 is 10.2 Å². The lowest BCUT2D eigenvalue weighted by atomic mass is 10.1. The van der Waals surface area contributed by atoms with Gasteiger partial charge in [-0.15, -0.1) is 0 Å². The lowest BCUT2D eigenvalue weighted by molar-refractivity contribution is 0.0952. The molecule has 3 rings (SSSR count). The first-order valence-corrected chi connectivity index (χ1v) is 8.95. The summed E-state index contributed by atoms with van der Waals surface area (Å²) in [5.74, 6) is -1.23. The van der Waals surface area contributed by atoms with Crippen molar-refractivity contribution in [2.45, 2.75) is 13.5 Å². The molecular formula is C22H18N4O4. The molecule has 0 aliphatic rings. The summed E-state index contributed by atoms with van der Waals surface area (Å²) in [6.07, 6.45) is 1.16. The molecule has 0 atom stereocenters. The number of phenols is 1. The number of rotatable bonds is 5. The Kier molecular flexibility index (Phi) is 5.94. The monoisotopic (exact) mass is 402 g/mol. The van der Waals surface area contributed by atoms with Gasteiger partial charge in [0.2, 0.25) is 5.88 Å². The zero-order valence-electron chi connectivity index (χ0n) is 16.0. The molecule has 0 radical (unpaired) electrons. The van der Waals surface area contributed by atoms with Crippen molar-refractivity contribution in [1.29, 1.82) is 5.26 Å². The summed E-state index contributed by atoms with van der Waals surface area (Å²) in [7, 11) is 0. The maximum atomic E-state index is 12.6. The summed E-state index contributed by atoms with van der Waals surface area (Å²) in [6.45, 7) is 1.57. The van der Waals surface area contributed by atoms with Crippen LogP contribution >= 0.6 is 0 Å². The molecule has 0 aliphatic carbocycles. The Hall–Kier alpha value is -4.38. The third-order valence-corrected chi connectivity index (χ3v) is 4.54. The van der Waals surface area contributed by atoms with Gasteiger partial charge in [0.25, 0.3) is 11.5 Å². The van der Waals surface area contributed by atoms with Gasteiger partial charge in [0.15, 0.2) is 0 Å². The molecule has 30 heavy (non-hydrogen) atoms. The molecule has 0 fully saturated rings. The first-order valence-electron chi connectivity index (χ1n) is 8.95. The number of para-hydroxylation sites is 1. The summed E-state index contributed by atoms with van der Waals surface area (Å²) < 4.78 is 1.08. The van der Waals surface area contributed by atoms with Gasteiger partial charge in [-0.2, -0.15) is 10.4 Å². The fourth-order valence-electron chi connectivity index (χ4n) is 2.92. The second-order valence-electron chi connectivity index (χ2n) is 6.44. The molecule has 0 saturated heterocycles. The molecule has 0 spiro atoms. The Labute approximate surface area is 172 Å². The summed E-state index contributed by atoms with van der Waals surface area (Å²) in [5.41, 5.74) is 2.66. The zero-order chi connectivity index (χ0) is 21.7. The average molecular weight is 402 g/mol. The molecule has 3 aromatic rings. The largest absolute Gasteiger partial charge is 0.507 e. The van der Waals surface area contributed by atoms with E-state index < -0.39 is 11.5 Å². The summed E-state index contributed by atoms with van der Waals surface area (Å²) in [4.78, 5) is 24.8. The molecule has 150 valence electrons. The maximum Gasteiger partial charge on any atom is 0.275 e. The van der Waals surface area contributed by atoms with Gasteiger partial charge in [-0.05, 0) is 30.2 Å². The van der Waals surface area contributed by atoms with E-state index in [9.17, 15) is 25.1 Å². The van der Waals surface area contributed by atoms with Crippen molar-refractivity contribution >= 4 is 12.1 Å². The van der Waals surface area contributed by atoms with Gasteiger partial charge in [0, 0.05) is 0 Å². The van der Waals surface area contributed by atoms with E-state index >= 15 is 0 Å². The standard InChI is InChI=1S/C22H18N4O4/c1-14-17(11-23)21(29)26(13-15-7-3-2-4-8-15)22(30)18(14)12-24-25-20(28)16-9-5-6-10-19(16)27/h2-10,12,27,30H,13H2,1H3,(H,25,28)/b24-12+. The van der Waals surface area contributed by atoms with Gasteiger partial charge in [-0.25, -0.2) is 5.43 Å². The van der Waals surface area contributed by atoms with Crippen molar-refractivity contribution in [3.63, 3.8) is 0 Å². The maximum absolute atomic E-state index is 12.6. The molecule has 1 heterocycles. The molecule has 1 amide bonds. The van der Waals surface area contributed by atoms with E-state index in [0.717, 1.165) is 16.3 Å². The third kappa shape index (κ3) is 4.05. The van der Waals surface area contributed by atoms with Crippen molar-refractivity contribution in [3.05, 3.63) is 92.8 Å². The number of aromatic hydroxyl groups is 2. The van der Waals surface area contributed by atoms with Gasteiger partial charge in [0.05, 0.1) is 23.9 Å². The lowest BCUT2D eigenvalue weighted by Gasteiger charge is -2.14. The molecule has 0 aliphatic heterocycles. The van der Waals surface area contributed by atoms with Crippen LogP contribution in [0.3, 0.4) is 0 Å². The van der Waals surface area contributed by atoms with E-state index in [0.29, 0.717) is 0 Å². The number of hydrogen-bond donors (Lipinski definition) is 3. The van der Waals surface area contributed by atoms with E-state index in [2.05, 4.69) is 10.5 Å². The van der Waals surface area contributed by atoms with Gasteiger partial charge in [-0.3, -0.25) is 14.2 Å². The SMILES string of the molecule is Cc1c(/C=N/NC(=O)c2ccccc2O)c(O)n(Cc2ccccc2)c(=O)c1C#N. The molecule has 8 nitrogen and oxygen atoms in total. The van der Waals surface area contributed by atoms with Gasteiger partial charge in [0.1, 0.15) is 17.4 Å². The molecule has 0 saturated carbocycles. The molecule has 0 bridgehead atoms. The second kappa shape index (κ2) is 8.75. The van der Waals surface area contributed by atoms with E-state index in [1.807, 2.05) is 12.1 Å². The van der Waals surface area contributed by atoms with Crippen molar-refractivity contribution in [1.82, 2.24) is 9.99 Å². The van der Waals surface area contributed by atoms with Crippen LogP contribution in [0.25, 0.3) is 0 Å². The minimum atomic E-state index is -0.653. The number of benzene rings is 2. The van der Waals surface area contributed by atoms with Crippen molar-refractivity contribution in [2.24, 2.45) is 5.10 Å². The molecular weight excluding hydrogens is 384 g/mol. The fourth-order valence-corrected chi connectivity index (χ4v) is 2.92. The fraction of sp³-hybridized carbons (Fsp3) is 0.0909. The van der Waals surface area contributed by atoms with Crippen molar-refractivity contribution in [3.8, 4) is 17.7 Å². The number of phenolic OH excluding ortho intramolecular Hbond substituents is 1. The molecule has 2 aromatic carbocycles. The number of hydrogen-bond acceptors (Lipinski definition) is 6. The Balaban J connectivity index is 1.96. The van der Waals surface area contributed by atoms with Crippen LogP contribution in [0.15, 0.2) is 64.5 Å². The van der Waals surface area contributed by atoms with E-state index in [-0.39, 0.29) is 40.4 Å². The van der Waals surface area contributed by atoms with Crippen LogP contribution in [0.1, 0.15) is 32.6 Å². The first kappa shape index (κ1) is 20.4. The number of nitriles is 1. The number of nitrogens with zero attached hydrogens (tertiary/aromatic N) is 3. The highest BCUT2D eigenvalue weighted by atomic mass is 16.3. The number of pyridine rings is 1. The van der Waals surface area contributed by atoms with Crippen LogP contribution in [0.5, 0.6) is 11.6 Å². The number of nitrogens with one attached hydrogen (secondary N) is 1. The van der Waals surface area contributed by atoms with Crippen molar-refractivity contribution < 1.29 is 15.0 Å². The number of amides is 1. The topological polar surface area (TPSA) is 128 Å². The minimum Gasteiger partial charge on any atom is -0.507 e. The predicted molar refractivity (Wildman–Crippen MR) is 111 cm³/mol. The third-order valence-electron chi connectivity index (χ3n) is 4.54. The molecule has 3 N–H and O–H groups in total. The Morgan fingerprint density at radius 2 is 1.83 bits per heavy atom. The van der Waals surface area contributed by atoms with Gasteiger partial charge in [-0.1, -0.05) is 42.5 Å².